The van der Waals surface area contributed by atoms with Gasteiger partial charge in [0.25, 0.3) is 0 Å². The number of allylic oxidation sites excluding steroid dienone is 2. The molecule has 0 heterocycles. The standard InChI is InChI=1S/C17H24O5/c1-11(8-15(19)20)6-7-17(21)12(2)9-14(22-13(3)18)10-16(17,4)5/h6-9,14,21H,10H2,1-5H3,(H,19,20)/b7-6+,11-8-. The van der Waals surface area contributed by atoms with Crippen LogP contribution in [-0.2, 0) is 14.3 Å². The monoisotopic (exact) mass is 308 g/mol. The highest BCUT2D eigenvalue weighted by atomic mass is 16.5. The Balaban J connectivity index is 3.13. The smallest absolute Gasteiger partial charge is 0.328 e. The van der Waals surface area contributed by atoms with E-state index in [0.29, 0.717) is 17.6 Å². The van der Waals surface area contributed by atoms with Crippen LogP contribution < -0.4 is 0 Å². The topological polar surface area (TPSA) is 83.8 Å². The summed E-state index contributed by atoms with van der Waals surface area (Å²) in [5.41, 5.74) is -0.579. The van der Waals surface area contributed by atoms with Gasteiger partial charge in [-0.25, -0.2) is 4.79 Å². The zero-order chi connectivity index (χ0) is 17.1. The molecule has 1 aliphatic carbocycles. The van der Waals surface area contributed by atoms with E-state index in [2.05, 4.69) is 0 Å². The molecule has 0 saturated heterocycles. The second-order valence-electron chi connectivity index (χ2n) is 6.41. The largest absolute Gasteiger partial charge is 0.478 e. The van der Waals surface area contributed by atoms with Gasteiger partial charge in [-0.05, 0) is 43.6 Å². The van der Waals surface area contributed by atoms with Crippen LogP contribution in [0.2, 0.25) is 0 Å². The Morgan fingerprint density at radius 2 is 1.95 bits per heavy atom. The van der Waals surface area contributed by atoms with Gasteiger partial charge in [-0.1, -0.05) is 19.9 Å². The SMILES string of the molecule is CC(=O)OC1C=C(C)C(O)(/C=C/C(C)=C\C(=O)O)C(C)(C)C1. The molecule has 5 nitrogen and oxygen atoms in total. The van der Waals surface area contributed by atoms with Crippen molar-refractivity contribution in [1.82, 2.24) is 0 Å². The van der Waals surface area contributed by atoms with Crippen molar-refractivity contribution in [2.75, 3.05) is 0 Å². The van der Waals surface area contributed by atoms with E-state index in [4.69, 9.17) is 9.84 Å². The van der Waals surface area contributed by atoms with Gasteiger partial charge in [-0.3, -0.25) is 4.79 Å². The lowest BCUT2D eigenvalue weighted by Crippen LogP contribution is -2.49. The second kappa shape index (κ2) is 6.48. The van der Waals surface area contributed by atoms with E-state index in [9.17, 15) is 14.7 Å². The van der Waals surface area contributed by atoms with Crippen molar-refractivity contribution in [3.8, 4) is 0 Å². The Kier molecular flexibility index (Phi) is 5.35. The van der Waals surface area contributed by atoms with Crippen LogP contribution in [0.15, 0.2) is 35.5 Å². The number of esters is 1. The van der Waals surface area contributed by atoms with Crippen LogP contribution in [0.4, 0.5) is 0 Å². The summed E-state index contributed by atoms with van der Waals surface area (Å²) in [6, 6.07) is 0. The van der Waals surface area contributed by atoms with Crippen LogP contribution in [0, 0.1) is 5.41 Å². The Labute approximate surface area is 131 Å². The van der Waals surface area contributed by atoms with E-state index in [0.717, 1.165) is 6.08 Å². The zero-order valence-electron chi connectivity index (χ0n) is 13.7. The molecule has 0 aromatic carbocycles. The average Bonchev–Trinajstić information content (AvgIpc) is 2.31. The minimum absolute atomic E-state index is 0.355. The molecule has 1 rings (SSSR count). The number of carboxylic acid groups (broad SMARTS) is 1. The minimum Gasteiger partial charge on any atom is -0.478 e. The van der Waals surface area contributed by atoms with E-state index in [1.165, 1.54) is 6.92 Å². The molecular formula is C17H24O5. The first-order valence-corrected chi connectivity index (χ1v) is 7.17. The number of aliphatic carboxylic acids is 1. The summed E-state index contributed by atoms with van der Waals surface area (Å²) in [5, 5.41) is 19.8. The number of hydrogen-bond donors (Lipinski definition) is 2. The molecule has 1 aliphatic rings. The quantitative estimate of drug-likeness (QED) is 0.361. The number of ether oxygens (including phenoxy) is 1. The summed E-state index contributed by atoms with van der Waals surface area (Å²) in [4.78, 5) is 21.8. The normalized spacial score (nSPS) is 28.4. The van der Waals surface area contributed by atoms with Crippen molar-refractivity contribution in [2.24, 2.45) is 5.41 Å². The maximum absolute atomic E-state index is 11.1. The number of rotatable bonds is 4. The number of aliphatic hydroxyl groups is 1. The summed E-state index contributed by atoms with van der Waals surface area (Å²) in [6.45, 7) is 8.57. The minimum atomic E-state index is -1.22. The molecule has 0 saturated carbocycles. The molecule has 2 atom stereocenters. The Morgan fingerprint density at radius 1 is 1.36 bits per heavy atom. The molecular weight excluding hydrogens is 284 g/mol. The zero-order valence-corrected chi connectivity index (χ0v) is 13.7. The summed E-state index contributed by atoms with van der Waals surface area (Å²) in [6.07, 6.45) is 6.14. The highest BCUT2D eigenvalue weighted by Gasteiger charge is 2.47. The molecule has 2 unspecified atom stereocenters. The summed E-state index contributed by atoms with van der Waals surface area (Å²) >= 11 is 0. The molecule has 0 aromatic rings. The molecule has 0 radical (unpaired) electrons. The van der Waals surface area contributed by atoms with E-state index >= 15 is 0 Å². The van der Waals surface area contributed by atoms with Crippen molar-refractivity contribution in [3.63, 3.8) is 0 Å². The molecule has 0 aromatic heterocycles. The number of carbonyl (C=O) groups excluding carboxylic acids is 1. The molecule has 0 spiro atoms. The van der Waals surface area contributed by atoms with E-state index in [-0.39, 0.29) is 12.1 Å². The Morgan fingerprint density at radius 3 is 2.41 bits per heavy atom. The third kappa shape index (κ3) is 4.07. The molecule has 122 valence electrons. The van der Waals surface area contributed by atoms with Crippen LogP contribution in [0.3, 0.4) is 0 Å². The average molecular weight is 308 g/mol. The fourth-order valence-corrected chi connectivity index (χ4v) is 2.80. The third-order valence-electron chi connectivity index (χ3n) is 4.04. The van der Waals surface area contributed by atoms with Gasteiger partial charge in [0, 0.05) is 18.4 Å². The maximum Gasteiger partial charge on any atom is 0.328 e. The molecule has 22 heavy (non-hydrogen) atoms. The van der Waals surface area contributed by atoms with Gasteiger partial charge in [0.1, 0.15) is 11.7 Å². The molecule has 0 fully saturated rings. The van der Waals surface area contributed by atoms with Gasteiger partial charge in [0.05, 0.1) is 0 Å². The molecule has 0 aliphatic heterocycles. The molecule has 0 bridgehead atoms. The summed E-state index contributed by atoms with van der Waals surface area (Å²) in [5.74, 6) is -1.38. The van der Waals surface area contributed by atoms with Crippen LogP contribution in [-0.4, -0.2) is 33.9 Å². The first kappa shape index (κ1) is 18.2. The highest BCUT2D eigenvalue weighted by molar-refractivity contribution is 5.81. The molecule has 0 amide bonds. The van der Waals surface area contributed by atoms with Crippen LogP contribution >= 0.6 is 0 Å². The van der Waals surface area contributed by atoms with Crippen LogP contribution in [0.25, 0.3) is 0 Å². The van der Waals surface area contributed by atoms with E-state index in [1.54, 1.807) is 32.1 Å². The van der Waals surface area contributed by atoms with Gasteiger partial charge in [0.2, 0.25) is 0 Å². The predicted molar refractivity (Wildman–Crippen MR) is 83.2 cm³/mol. The highest BCUT2D eigenvalue weighted by Crippen LogP contribution is 2.46. The van der Waals surface area contributed by atoms with Crippen LogP contribution in [0.1, 0.15) is 41.0 Å². The van der Waals surface area contributed by atoms with Crippen molar-refractivity contribution >= 4 is 11.9 Å². The predicted octanol–water partition coefficient (Wildman–Crippen LogP) is 2.61. The van der Waals surface area contributed by atoms with Gasteiger partial charge in [-0.15, -0.1) is 0 Å². The lowest BCUT2D eigenvalue weighted by molar-refractivity contribution is -0.147. The third-order valence-corrected chi connectivity index (χ3v) is 4.04. The van der Waals surface area contributed by atoms with Crippen molar-refractivity contribution in [2.45, 2.75) is 52.7 Å². The fourth-order valence-electron chi connectivity index (χ4n) is 2.80. The lowest BCUT2D eigenvalue weighted by Gasteiger charge is -2.46. The number of carboxylic acids is 1. The van der Waals surface area contributed by atoms with Gasteiger partial charge in [0.15, 0.2) is 0 Å². The first-order valence-electron chi connectivity index (χ1n) is 7.17. The lowest BCUT2D eigenvalue weighted by atomic mass is 9.64. The van der Waals surface area contributed by atoms with Gasteiger partial charge >= 0.3 is 11.9 Å². The first-order chi connectivity index (χ1) is 9.98. The van der Waals surface area contributed by atoms with E-state index in [1.807, 2.05) is 13.8 Å². The van der Waals surface area contributed by atoms with Gasteiger partial charge < -0.3 is 14.9 Å². The van der Waals surface area contributed by atoms with Crippen molar-refractivity contribution in [1.29, 1.82) is 0 Å². The fraction of sp³-hybridized carbons (Fsp3) is 0.529. The maximum atomic E-state index is 11.1. The second-order valence-corrected chi connectivity index (χ2v) is 6.41. The molecule has 2 N–H and O–H groups in total. The summed E-state index contributed by atoms with van der Waals surface area (Å²) in [7, 11) is 0. The molecule has 5 heteroatoms. The number of hydrogen-bond acceptors (Lipinski definition) is 4. The summed E-state index contributed by atoms with van der Waals surface area (Å²) < 4.78 is 5.23. The van der Waals surface area contributed by atoms with Crippen LogP contribution in [0.5, 0.6) is 0 Å². The van der Waals surface area contributed by atoms with Gasteiger partial charge in [-0.2, -0.15) is 0 Å². The number of carbonyl (C=O) groups is 2. The van der Waals surface area contributed by atoms with Crippen molar-refractivity contribution < 1.29 is 24.5 Å². The Hall–Kier alpha value is -1.88. The Bertz CT molecular complexity index is 553. The van der Waals surface area contributed by atoms with Crippen molar-refractivity contribution in [3.05, 3.63) is 35.5 Å². The van der Waals surface area contributed by atoms with E-state index < -0.39 is 17.0 Å².